The van der Waals surface area contributed by atoms with Crippen molar-refractivity contribution >= 4 is 22.7 Å². The smallest absolute Gasteiger partial charge is 0.433 e. The van der Waals surface area contributed by atoms with E-state index in [0.29, 0.717) is 10.9 Å². The number of carbonyl (C=O) groups excluding carboxylic acids is 2. The van der Waals surface area contributed by atoms with Gasteiger partial charge >= 0.3 is 6.18 Å². The molecule has 2 aromatic heterocycles. The Hall–Kier alpha value is -3.67. The number of nitrogens with two attached hydrogens (primary N) is 1. The second kappa shape index (κ2) is 9.41. The van der Waals surface area contributed by atoms with Gasteiger partial charge in [-0.25, -0.2) is 9.97 Å². The maximum Gasteiger partial charge on any atom is 0.433 e. The third-order valence-corrected chi connectivity index (χ3v) is 6.09. The van der Waals surface area contributed by atoms with E-state index in [4.69, 9.17) is 14.9 Å². The van der Waals surface area contributed by atoms with Crippen LogP contribution < -0.4 is 21.1 Å². The molecule has 0 saturated heterocycles. The number of rotatable bonds is 8. The molecular weight excluding hydrogens is 479 g/mol. The van der Waals surface area contributed by atoms with Gasteiger partial charge in [0.15, 0.2) is 11.5 Å². The minimum absolute atomic E-state index is 0.00313. The Balaban J connectivity index is 1.61. The molecule has 0 aliphatic heterocycles. The number of oxazole rings is 1. The Morgan fingerprint density at radius 3 is 2.47 bits per heavy atom. The second-order valence-corrected chi connectivity index (χ2v) is 9.00. The summed E-state index contributed by atoms with van der Waals surface area (Å²) < 4.78 is 50.7. The van der Waals surface area contributed by atoms with Gasteiger partial charge < -0.3 is 25.5 Å². The normalized spacial score (nSPS) is 15.4. The molecule has 0 bridgehead atoms. The lowest BCUT2D eigenvalue weighted by atomic mass is 10.1. The molecule has 0 unspecified atom stereocenters. The summed E-state index contributed by atoms with van der Waals surface area (Å²) in [7, 11) is 1.32. The van der Waals surface area contributed by atoms with Crippen molar-refractivity contribution in [3.8, 4) is 17.2 Å². The molecule has 2 heterocycles. The zero-order valence-corrected chi connectivity index (χ0v) is 20.0. The van der Waals surface area contributed by atoms with E-state index in [-0.39, 0.29) is 53.0 Å². The van der Waals surface area contributed by atoms with E-state index in [1.807, 2.05) is 6.92 Å². The Morgan fingerprint density at radius 1 is 1.17 bits per heavy atom. The van der Waals surface area contributed by atoms with E-state index >= 15 is 0 Å². The van der Waals surface area contributed by atoms with E-state index in [1.165, 1.54) is 19.2 Å². The van der Waals surface area contributed by atoms with Crippen LogP contribution in [0.15, 0.2) is 28.7 Å². The zero-order valence-electron chi connectivity index (χ0n) is 20.0. The predicted molar refractivity (Wildman–Crippen MR) is 124 cm³/mol. The highest BCUT2D eigenvalue weighted by molar-refractivity contribution is 5.98. The molecule has 4 N–H and O–H groups in total. The van der Waals surface area contributed by atoms with Crippen LogP contribution in [0.3, 0.4) is 0 Å². The minimum atomic E-state index is -4.64. The highest BCUT2D eigenvalue weighted by Crippen LogP contribution is 2.45. The summed E-state index contributed by atoms with van der Waals surface area (Å²) in [6.07, 6.45) is -2.95. The molecule has 192 valence electrons. The third kappa shape index (κ3) is 4.99. The summed E-state index contributed by atoms with van der Waals surface area (Å²) in [6, 6.07) is 4.42. The average Bonchev–Trinajstić information content (AvgIpc) is 3.43. The van der Waals surface area contributed by atoms with Crippen molar-refractivity contribution in [2.45, 2.75) is 38.9 Å². The van der Waals surface area contributed by atoms with E-state index in [2.05, 4.69) is 20.6 Å². The number of alkyl halides is 3. The van der Waals surface area contributed by atoms with Crippen molar-refractivity contribution < 1.29 is 31.9 Å². The molecule has 1 aliphatic carbocycles. The molecular formula is C24H26F3N5O4. The van der Waals surface area contributed by atoms with Crippen LogP contribution in [0.2, 0.25) is 0 Å². The number of benzene rings is 1. The Morgan fingerprint density at radius 2 is 1.86 bits per heavy atom. The van der Waals surface area contributed by atoms with Crippen molar-refractivity contribution in [2.75, 3.05) is 20.2 Å². The first kappa shape index (κ1) is 25.4. The number of halogens is 3. The molecule has 1 saturated carbocycles. The lowest BCUT2D eigenvalue weighted by molar-refractivity contribution is -0.141. The first-order valence-electron chi connectivity index (χ1n) is 11.3. The molecule has 12 heteroatoms. The number of carbonyl (C=O) groups is 2. The van der Waals surface area contributed by atoms with Crippen LogP contribution in [0, 0.1) is 5.41 Å². The lowest BCUT2D eigenvalue weighted by Crippen LogP contribution is -2.38. The monoisotopic (exact) mass is 505 g/mol. The van der Waals surface area contributed by atoms with Gasteiger partial charge in [-0.1, -0.05) is 6.92 Å². The van der Waals surface area contributed by atoms with E-state index in [9.17, 15) is 22.8 Å². The van der Waals surface area contributed by atoms with Crippen LogP contribution in [0.5, 0.6) is 5.75 Å². The second-order valence-electron chi connectivity index (χ2n) is 9.00. The highest BCUT2D eigenvalue weighted by Gasteiger charge is 2.44. The third-order valence-electron chi connectivity index (χ3n) is 6.09. The van der Waals surface area contributed by atoms with Crippen molar-refractivity contribution in [3.05, 3.63) is 41.4 Å². The number of hydrogen-bond donors (Lipinski definition) is 3. The van der Waals surface area contributed by atoms with Crippen molar-refractivity contribution in [1.82, 2.24) is 20.6 Å². The van der Waals surface area contributed by atoms with Crippen LogP contribution in [0.4, 0.5) is 13.2 Å². The van der Waals surface area contributed by atoms with Gasteiger partial charge in [0.05, 0.1) is 13.2 Å². The molecule has 1 atom stereocenters. The quantitative estimate of drug-likeness (QED) is 0.399. The van der Waals surface area contributed by atoms with Crippen molar-refractivity contribution in [3.63, 3.8) is 0 Å². The standard InChI is InChI=1S/C24H26F3N5O4/c1-12(28)19-18(20(33)29-10-11-30-22(34)23(2)8-9-23)32-21(36-19)14-4-6-15(35-3)17-13(14)5-7-16(31-17)24(25,26)27/h4-7,12H,8-11,28H2,1-3H3,(H,29,33)(H,30,34)/t12-/m0/s1. The molecule has 3 aromatic rings. The number of aromatic nitrogens is 2. The lowest BCUT2D eigenvalue weighted by Gasteiger charge is -2.11. The Kier molecular flexibility index (Phi) is 6.65. The number of nitrogens with zero attached hydrogens (tertiary/aromatic N) is 2. The number of ether oxygens (including phenoxy) is 1. The fourth-order valence-electron chi connectivity index (χ4n) is 3.68. The van der Waals surface area contributed by atoms with Gasteiger partial charge in [0.25, 0.3) is 5.91 Å². The van der Waals surface area contributed by atoms with Crippen LogP contribution in [-0.4, -0.2) is 42.0 Å². The SMILES string of the molecule is COc1ccc(-c2nc(C(=O)NCCNC(=O)C3(C)CC3)c([C@H](C)N)o2)c2ccc(C(F)(F)F)nc12. The molecule has 0 radical (unpaired) electrons. The molecule has 0 spiro atoms. The van der Waals surface area contributed by atoms with E-state index in [1.54, 1.807) is 13.0 Å². The molecule has 1 aliphatic rings. The summed E-state index contributed by atoms with van der Waals surface area (Å²) in [5.74, 6) is -0.360. The summed E-state index contributed by atoms with van der Waals surface area (Å²) in [6.45, 7) is 3.90. The van der Waals surface area contributed by atoms with Gasteiger partial charge in [-0.05, 0) is 44.0 Å². The summed E-state index contributed by atoms with van der Waals surface area (Å²) in [5, 5.41) is 5.76. The number of pyridine rings is 1. The van der Waals surface area contributed by atoms with Crippen LogP contribution in [0.1, 0.15) is 54.7 Å². The van der Waals surface area contributed by atoms with Gasteiger partial charge in [0, 0.05) is 29.5 Å². The van der Waals surface area contributed by atoms with Crippen LogP contribution >= 0.6 is 0 Å². The van der Waals surface area contributed by atoms with Gasteiger partial charge in [0.2, 0.25) is 11.8 Å². The predicted octanol–water partition coefficient (Wildman–Crippen LogP) is 3.58. The largest absolute Gasteiger partial charge is 0.494 e. The summed E-state index contributed by atoms with van der Waals surface area (Å²) in [4.78, 5) is 32.9. The highest BCUT2D eigenvalue weighted by atomic mass is 19.4. The van der Waals surface area contributed by atoms with Crippen LogP contribution in [-0.2, 0) is 11.0 Å². The fraction of sp³-hybridized carbons (Fsp3) is 0.417. The van der Waals surface area contributed by atoms with Gasteiger partial charge in [-0.3, -0.25) is 9.59 Å². The molecule has 4 rings (SSSR count). The maximum atomic E-state index is 13.2. The Bertz CT molecular complexity index is 1320. The molecule has 9 nitrogen and oxygen atoms in total. The van der Waals surface area contributed by atoms with E-state index < -0.39 is 23.8 Å². The maximum absolute atomic E-state index is 13.2. The Labute approximate surface area is 204 Å². The summed E-state index contributed by atoms with van der Waals surface area (Å²) in [5.41, 5.74) is 4.84. The van der Waals surface area contributed by atoms with Gasteiger partial charge in [0.1, 0.15) is 17.0 Å². The van der Waals surface area contributed by atoms with Crippen LogP contribution in [0.25, 0.3) is 22.4 Å². The molecule has 1 fully saturated rings. The average molecular weight is 505 g/mol. The molecule has 2 amide bonds. The number of hydrogen-bond acceptors (Lipinski definition) is 7. The van der Waals surface area contributed by atoms with Gasteiger partial charge in [-0.2, -0.15) is 13.2 Å². The van der Waals surface area contributed by atoms with Crippen molar-refractivity contribution in [1.29, 1.82) is 0 Å². The topological polar surface area (TPSA) is 132 Å². The molecule has 36 heavy (non-hydrogen) atoms. The fourth-order valence-corrected chi connectivity index (χ4v) is 3.68. The zero-order chi connectivity index (χ0) is 26.3. The minimum Gasteiger partial charge on any atom is -0.494 e. The molecule has 1 aromatic carbocycles. The first-order chi connectivity index (χ1) is 16.9. The number of fused-ring (bicyclic) bond motifs is 1. The number of methoxy groups -OCH3 is 1. The number of nitrogens with one attached hydrogen (secondary N) is 2. The first-order valence-corrected chi connectivity index (χ1v) is 11.3. The summed E-state index contributed by atoms with van der Waals surface area (Å²) >= 11 is 0. The number of amides is 2. The van der Waals surface area contributed by atoms with E-state index in [0.717, 1.165) is 18.9 Å². The van der Waals surface area contributed by atoms with Gasteiger partial charge in [-0.15, -0.1) is 0 Å². The van der Waals surface area contributed by atoms with Crippen molar-refractivity contribution in [2.24, 2.45) is 11.1 Å².